The van der Waals surface area contributed by atoms with Gasteiger partial charge in [-0.2, -0.15) is 0 Å². The van der Waals surface area contributed by atoms with Crippen LogP contribution >= 0.6 is 11.6 Å². The molecule has 1 aliphatic heterocycles. The van der Waals surface area contributed by atoms with Crippen LogP contribution in [0.4, 0.5) is 0 Å². The highest BCUT2D eigenvalue weighted by Crippen LogP contribution is 2.23. The van der Waals surface area contributed by atoms with Gasteiger partial charge in [0.25, 0.3) is 0 Å². The van der Waals surface area contributed by atoms with E-state index in [4.69, 9.17) is 11.6 Å². The molecule has 2 aromatic rings. The predicted octanol–water partition coefficient (Wildman–Crippen LogP) is 4.17. The van der Waals surface area contributed by atoms with Gasteiger partial charge >= 0.3 is 0 Å². The van der Waals surface area contributed by atoms with Gasteiger partial charge in [-0.05, 0) is 55.6 Å². The molecule has 1 fully saturated rings. The van der Waals surface area contributed by atoms with Gasteiger partial charge in [0.2, 0.25) is 5.28 Å². The van der Waals surface area contributed by atoms with E-state index in [2.05, 4.69) is 46.1 Å². The zero-order valence-corrected chi connectivity index (χ0v) is 13.1. The van der Waals surface area contributed by atoms with E-state index >= 15 is 0 Å². The molecule has 2 heterocycles. The minimum Gasteiger partial charge on any atom is -0.296 e. The molecule has 0 radical (unpaired) electrons. The number of rotatable bonds is 3. The fourth-order valence-electron chi connectivity index (χ4n) is 2.95. The smallest absolute Gasteiger partial charge is 0.222 e. The maximum absolute atomic E-state index is 5.88. The molecule has 0 aliphatic carbocycles. The molecular weight excluding hydrogens is 282 g/mol. The van der Waals surface area contributed by atoms with Crippen LogP contribution in [0, 0.1) is 0 Å². The molecule has 1 aromatic carbocycles. The molecule has 0 spiro atoms. The molecule has 1 aromatic heterocycles. The number of piperidine rings is 1. The molecule has 0 amide bonds. The van der Waals surface area contributed by atoms with E-state index in [-0.39, 0.29) is 0 Å². The summed E-state index contributed by atoms with van der Waals surface area (Å²) in [6.07, 6.45) is 5.67. The SMILES string of the molecule is CC1CCCCN1Cc1cccc(-c2ccnc(Cl)n2)c1. The summed E-state index contributed by atoms with van der Waals surface area (Å²) in [6.45, 7) is 4.53. The van der Waals surface area contributed by atoms with E-state index in [1.165, 1.54) is 31.4 Å². The van der Waals surface area contributed by atoms with Crippen molar-refractivity contribution in [3.8, 4) is 11.3 Å². The fraction of sp³-hybridized carbons (Fsp3) is 0.412. The van der Waals surface area contributed by atoms with E-state index < -0.39 is 0 Å². The van der Waals surface area contributed by atoms with Gasteiger partial charge in [-0.3, -0.25) is 4.90 Å². The van der Waals surface area contributed by atoms with Crippen molar-refractivity contribution in [2.24, 2.45) is 0 Å². The van der Waals surface area contributed by atoms with Crippen LogP contribution in [0.2, 0.25) is 5.28 Å². The van der Waals surface area contributed by atoms with Crippen LogP contribution < -0.4 is 0 Å². The molecule has 4 heteroatoms. The first kappa shape index (κ1) is 14.5. The Kier molecular flexibility index (Phi) is 4.51. The highest BCUT2D eigenvalue weighted by molar-refractivity contribution is 6.28. The van der Waals surface area contributed by atoms with Crippen molar-refractivity contribution < 1.29 is 0 Å². The number of benzene rings is 1. The first-order valence-corrected chi connectivity index (χ1v) is 7.92. The Morgan fingerprint density at radius 1 is 1.29 bits per heavy atom. The molecule has 0 N–H and O–H groups in total. The van der Waals surface area contributed by atoms with Crippen LogP contribution in [0.5, 0.6) is 0 Å². The molecule has 1 unspecified atom stereocenters. The summed E-state index contributed by atoms with van der Waals surface area (Å²) < 4.78 is 0. The summed E-state index contributed by atoms with van der Waals surface area (Å²) in [6, 6.07) is 11.1. The van der Waals surface area contributed by atoms with Crippen molar-refractivity contribution >= 4 is 11.6 Å². The van der Waals surface area contributed by atoms with Crippen molar-refractivity contribution in [1.82, 2.24) is 14.9 Å². The molecule has 0 saturated carbocycles. The molecular formula is C17H20ClN3. The topological polar surface area (TPSA) is 29.0 Å². The van der Waals surface area contributed by atoms with Crippen LogP contribution in [0.1, 0.15) is 31.7 Å². The average Bonchev–Trinajstić information content (AvgIpc) is 2.50. The lowest BCUT2D eigenvalue weighted by Crippen LogP contribution is -2.36. The Morgan fingerprint density at radius 3 is 3.00 bits per heavy atom. The quantitative estimate of drug-likeness (QED) is 0.797. The van der Waals surface area contributed by atoms with Crippen molar-refractivity contribution in [2.45, 2.75) is 38.8 Å². The second-order valence-electron chi connectivity index (χ2n) is 5.73. The number of aromatic nitrogens is 2. The number of likely N-dealkylation sites (tertiary alicyclic amines) is 1. The predicted molar refractivity (Wildman–Crippen MR) is 86.2 cm³/mol. The molecule has 3 nitrogen and oxygen atoms in total. The van der Waals surface area contributed by atoms with E-state index in [1.807, 2.05) is 6.07 Å². The molecule has 1 aliphatic rings. The van der Waals surface area contributed by atoms with Crippen molar-refractivity contribution in [3.05, 3.63) is 47.4 Å². The van der Waals surface area contributed by atoms with Crippen molar-refractivity contribution in [1.29, 1.82) is 0 Å². The zero-order chi connectivity index (χ0) is 14.7. The summed E-state index contributed by atoms with van der Waals surface area (Å²) in [5, 5.41) is 0.294. The maximum atomic E-state index is 5.88. The summed E-state index contributed by atoms with van der Waals surface area (Å²) in [4.78, 5) is 10.8. The summed E-state index contributed by atoms with van der Waals surface area (Å²) in [7, 11) is 0. The van der Waals surface area contributed by atoms with E-state index in [0.29, 0.717) is 11.3 Å². The van der Waals surface area contributed by atoms with Gasteiger partial charge < -0.3 is 0 Å². The monoisotopic (exact) mass is 301 g/mol. The van der Waals surface area contributed by atoms with Gasteiger partial charge in [-0.25, -0.2) is 9.97 Å². The highest BCUT2D eigenvalue weighted by Gasteiger charge is 2.18. The minimum absolute atomic E-state index is 0.294. The van der Waals surface area contributed by atoms with Gasteiger partial charge in [-0.1, -0.05) is 24.6 Å². The highest BCUT2D eigenvalue weighted by atomic mass is 35.5. The molecule has 3 rings (SSSR count). The standard InChI is InChI=1S/C17H20ClN3/c1-13-5-2-3-10-21(13)12-14-6-4-7-15(11-14)16-8-9-19-17(18)20-16/h4,6-9,11,13H,2-3,5,10,12H2,1H3. The third-order valence-electron chi connectivity index (χ3n) is 4.18. The molecule has 110 valence electrons. The van der Waals surface area contributed by atoms with Gasteiger partial charge in [0, 0.05) is 24.3 Å². The lowest BCUT2D eigenvalue weighted by molar-refractivity contribution is 0.152. The Balaban J connectivity index is 1.80. The Labute approximate surface area is 131 Å². The van der Waals surface area contributed by atoms with Crippen LogP contribution in [0.25, 0.3) is 11.3 Å². The summed E-state index contributed by atoms with van der Waals surface area (Å²) in [5.74, 6) is 0. The average molecular weight is 302 g/mol. The fourth-order valence-corrected chi connectivity index (χ4v) is 3.10. The van der Waals surface area contributed by atoms with E-state index in [0.717, 1.165) is 17.8 Å². The summed E-state index contributed by atoms with van der Waals surface area (Å²) >= 11 is 5.88. The molecule has 1 saturated heterocycles. The van der Waals surface area contributed by atoms with E-state index in [9.17, 15) is 0 Å². The zero-order valence-electron chi connectivity index (χ0n) is 12.3. The van der Waals surface area contributed by atoms with Gasteiger partial charge in [0.1, 0.15) is 0 Å². The third-order valence-corrected chi connectivity index (χ3v) is 4.36. The normalized spacial score (nSPS) is 19.6. The van der Waals surface area contributed by atoms with Crippen LogP contribution in [-0.2, 0) is 6.54 Å². The largest absolute Gasteiger partial charge is 0.296 e. The molecule has 0 bridgehead atoms. The second-order valence-corrected chi connectivity index (χ2v) is 6.06. The van der Waals surface area contributed by atoms with E-state index in [1.54, 1.807) is 6.20 Å². The molecule has 21 heavy (non-hydrogen) atoms. The number of nitrogens with zero attached hydrogens (tertiary/aromatic N) is 3. The maximum Gasteiger partial charge on any atom is 0.222 e. The number of halogens is 1. The van der Waals surface area contributed by atoms with Gasteiger partial charge in [0.05, 0.1) is 5.69 Å². The van der Waals surface area contributed by atoms with Crippen LogP contribution in [-0.4, -0.2) is 27.5 Å². The van der Waals surface area contributed by atoms with Crippen LogP contribution in [0.15, 0.2) is 36.5 Å². The third kappa shape index (κ3) is 3.60. The summed E-state index contributed by atoms with van der Waals surface area (Å²) in [5.41, 5.74) is 3.31. The first-order chi connectivity index (χ1) is 10.2. The first-order valence-electron chi connectivity index (χ1n) is 7.54. The van der Waals surface area contributed by atoms with Gasteiger partial charge in [0.15, 0.2) is 0 Å². The number of hydrogen-bond acceptors (Lipinski definition) is 3. The van der Waals surface area contributed by atoms with Crippen molar-refractivity contribution in [2.75, 3.05) is 6.54 Å². The van der Waals surface area contributed by atoms with Crippen molar-refractivity contribution in [3.63, 3.8) is 0 Å². The lowest BCUT2D eigenvalue weighted by Gasteiger charge is -2.33. The Bertz CT molecular complexity index is 614. The minimum atomic E-state index is 0.294. The Morgan fingerprint density at radius 2 is 2.19 bits per heavy atom. The van der Waals surface area contributed by atoms with Gasteiger partial charge in [-0.15, -0.1) is 0 Å². The van der Waals surface area contributed by atoms with Crippen LogP contribution in [0.3, 0.4) is 0 Å². The lowest BCUT2D eigenvalue weighted by atomic mass is 10.0. The Hall–Kier alpha value is -1.45. The molecule has 1 atom stereocenters. The second kappa shape index (κ2) is 6.54. The number of hydrogen-bond donors (Lipinski definition) is 0.